The fourth-order valence-electron chi connectivity index (χ4n) is 6.77. The van der Waals surface area contributed by atoms with Crippen molar-refractivity contribution in [3.8, 4) is 0 Å². The molecule has 4 rings (SSSR count). The number of fused-ring (bicyclic) bond motifs is 1. The summed E-state index contributed by atoms with van der Waals surface area (Å²) >= 11 is 0. The zero-order chi connectivity index (χ0) is 24.2. The minimum absolute atomic E-state index is 0.0113. The molecule has 6 unspecified atom stereocenters. The van der Waals surface area contributed by atoms with Crippen LogP contribution in [0.1, 0.15) is 104 Å². The summed E-state index contributed by atoms with van der Waals surface area (Å²) in [6.45, 7) is 4.42. The average molecular weight is 481 g/mol. The van der Waals surface area contributed by atoms with E-state index in [2.05, 4.69) is 13.8 Å². The Bertz CT molecular complexity index is 631. The number of esters is 2. The van der Waals surface area contributed by atoms with Gasteiger partial charge in [-0.25, -0.2) is 0 Å². The van der Waals surface area contributed by atoms with Crippen LogP contribution in [0.25, 0.3) is 0 Å². The molecule has 1 saturated heterocycles. The minimum atomic E-state index is -0.763. The molecule has 194 valence electrons. The van der Waals surface area contributed by atoms with E-state index in [4.69, 9.17) is 9.47 Å². The highest BCUT2D eigenvalue weighted by molar-refractivity contribution is 5.72. The lowest BCUT2D eigenvalue weighted by atomic mass is 9.83. The largest absolute Gasteiger partial charge is 0.634 e. The van der Waals surface area contributed by atoms with Crippen LogP contribution in [-0.2, 0) is 19.1 Å². The molecule has 6 atom stereocenters. The number of quaternary nitrogens is 2. The zero-order valence-corrected chi connectivity index (χ0v) is 21.0. The van der Waals surface area contributed by atoms with Gasteiger partial charge in [0.25, 0.3) is 0 Å². The van der Waals surface area contributed by atoms with Crippen molar-refractivity contribution in [3.63, 3.8) is 0 Å². The lowest BCUT2D eigenvalue weighted by Crippen LogP contribution is -3.34. The molecule has 2 N–H and O–H groups in total. The molecule has 0 aromatic rings. The van der Waals surface area contributed by atoms with E-state index in [-0.39, 0.29) is 47.3 Å². The van der Waals surface area contributed by atoms with Gasteiger partial charge >= 0.3 is 11.9 Å². The monoisotopic (exact) mass is 480 g/mol. The Balaban J connectivity index is 1.41. The van der Waals surface area contributed by atoms with Gasteiger partial charge in [0.1, 0.15) is 37.1 Å². The van der Waals surface area contributed by atoms with Gasteiger partial charge in [0, 0.05) is 12.8 Å². The Morgan fingerprint density at radius 3 is 1.35 bits per heavy atom. The number of carbonyl (C=O) groups excluding carboxylic acids is 2. The van der Waals surface area contributed by atoms with E-state index in [0.717, 1.165) is 64.2 Å². The molecule has 4 fully saturated rings. The van der Waals surface area contributed by atoms with E-state index in [1.165, 1.54) is 0 Å². The number of hydrogen-bond acceptors (Lipinski definition) is 6. The first-order chi connectivity index (χ1) is 16.3. The van der Waals surface area contributed by atoms with Crippen molar-refractivity contribution in [2.45, 2.75) is 140 Å². The molecule has 8 nitrogen and oxygen atoms in total. The molecule has 0 bridgehead atoms. The minimum Gasteiger partial charge on any atom is -0.634 e. The average Bonchev–Trinajstić information content (AvgIpc) is 2.82. The maximum absolute atomic E-state index is 13.5. The molecular formula is C26H44N2O6. The molecule has 0 amide bonds. The summed E-state index contributed by atoms with van der Waals surface area (Å²) in [6.07, 6.45) is 10.5. The topological polar surface area (TPSA) is 108 Å². The predicted molar refractivity (Wildman–Crippen MR) is 127 cm³/mol. The van der Waals surface area contributed by atoms with Gasteiger partial charge in [-0.1, -0.05) is 13.8 Å². The fourth-order valence-corrected chi connectivity index (χ4v) is 6.77. The van der Waals surface area contributed by atoms with Crippen LogP contribution in [0.5, 0.6) is 0 Å². The molecule has 1 heterocycles. The first-order valence-electron chi connectivity index (χ1n) is 13.8. The van der Waals surface area contributed by atoms with E-state index in [9.17, 15) is 20.0 Å². The van der Waals surface area contributed by atoms with Crippen LogP contribution in [0, 0.1) is 22.3 Å². The van der Waals surface area contributed by atoms with E-state index in [1.54, 1.807) is 0 Å². The second kappa shape index (κ2) is 11.7. The molecule has 8 heteroatoms. The van der Waals surface area contributed by atoms with Gasteiger partial charge in [-0.15, -0.1) is 0 Å². The zero-order valence-electron chi connectivity index (χ0n) is 21.0. The third kappa shape index (κ3) is 6.31. The number of carbonyl (C=O) groups is 2. The quantitative estimate of drug-likeness (QED) is 0.444. The van der Waals surface area contributed by atoms with Gasteiger partial charge in [-0.05, 0) is 76.0 Å². The highest BCUT2D eigenvalue weighted by Crippen LogP contribution is 2.27. The van der Waals surface area contributed by atoms with E-state index < -0.39 is 24.0 Å². The summed E-state index contributed by atoms with van der Waals surface area (Å²) in [4.78, 5) is 25.7. The van der Waals surface area contributed by atoms with E-state index in [0.29, 0.717) is 24.7 Å². The third-order valence-corrected chi connectivity index (χ3v) is 9.01. The molecule has 0 aromatic heterocycles. The SMILES string of the molecule is CC1CCC(OC(=O)CC2C(CC(=O)OC3CCC(C)CC3)[NH+]([O-])C3CCCCC3[NH+]2[O-])CC1. The molecule has 0 radical (unpaired) electrons. The molecule has 4 aliphatic rings. The van der Waals surface area contributed by atoms with E-state index >= 15 is 0 Å². The molecule has 1 aliphatic heterocycles. The highest BCUT2D eigenvalue weighted by Gasteiger charge is 2.51. The second-order valence-corrected chi connectivity index (χ2v) is 11.7. The van der Waals surface area contributed by atoms with Crippen molar-refractivity contribution in [2.75, 3.05) is 0 Å². The number of piperazine rings is 1. The number of ether oxygens (including phenoxy) is 2. The van der Waals surface area contributed by atoms with Gasteiger partial charge in [-0.3, -0.25) is 9.59 Å². The highest BCUT2D eigenvalue weighted by atomic mass is 16.6. The number of hydrogen-bond donors (Lipinski definition) is 2. The summed E-state index contributed by atoms with van der Waals surface area (Å²) in [6, 6.07) is -2.13. The Hall–Kier alpha value is -1.22. The Morgan fingerprint density at radius 1 is 0.647 bits per heavy atom. The molecule has 34 heavy (non-hydrogen) atoms. The summed E-state index contributed by atoms with van der Waals surface area (Å²) in [5, 5.41) is 26.9. The molecule has 3 saturated carbocycles. The lowest BCUT2D eigenvalue weighted by Gasteiger charge is -2.55. The molecule has 0 aromatic carbocycles. The van der Waals surface area contributed by atoms with Crippen LogP contribution in [0.2, 0.25) is 0 Å². The van der Waals surface area contributed by atoms with Crippen molar-refractivity contribution in [2.24, 2.45) is 11.8 Å². The number of nitrogens with one attached hydrogen (secondary N) is 2. The Labute approximate surface area is 203 Å². The summed E-state index contributed by atoms with van der Waals surface area (Å²) < 4.78 is 11.5. The Morgan fingerprint density at radius 2 is 1.00 bits per heavy atom. The third-order valence-electron chi connectivity index (χ3n) is 9.01. The van der Waals surface area contributed by atoms with Crippen LogP contribution in [0.4, 0.5) is 0 Å². The van der Waals surface area contributed by atoms with Gasteiger partial charge < -0.3 is 30.0 Å². The smallest absolute Gasteiger partial charge is 0.312 e. The number of rotatable bonds is 6. The van der Waals surface area contributed by atoms with Gasteiger partial charge in [-0.2, -0.15) is 0 Å². The molecular weight excluding hydrogens is 436 g/mol. The maximum atomic E-state index is 13.5. The molecule has 3 aliphatic carbocycles. The predicted octanol–water partition coefficient (Wildman–Crippen LogP) is 1.84. The summed E-state index contributed by atoms with van der Waals surface area (Å²) in [5.74, 6) is 0.496. The van der Waals surface area contributed by atoms with Crippen LogP contribution in [0.3, 0.4) is 0 Å². The lowest BCUT2D eigenvalue weighted by molar-refractivity contribution is -1.04. The van der Waals surface area contributed by atoms with Gasteiger partial charge in [0.15, 0.2) is 12.1 Å². The van der Waals surface area contributed by atoms with Crippen molar-refractivity contribution >= 4 is 11.9 Å². The second-order valence-electron chi connectivity index (χ2n) is 11.7. The van der Waals surface area contributed by atoms with Gasteiger partial charge in [0.2, 0.25) is 0 Å². The van der Waals surface area contributed by atoms with Crippen LogP contribution in [-0.4, -0.2) is 48.3 Å². The van der Waals surface area contributed by atoms with Crippen LogP contribution >= 0.6 is 0 Å². The standard InChI is InChI=1S/C26H44N2O6/c1-17-7-11-19(12-8-17)33-25(29)15-23-24(16-26(30)34-20-13-9-18(2)10-14-20)28(32)22-6-4-3-5-21(22)27(23)31/h17-24,27-28H,3-16H2,1-2H3. The van der Waals surface area contributed by atoms with Crippen molar-refractivity contribution in [3.05, 3.63) is 10.4 Å². The summed E-state index contributed by atoms with van der Waals surface area (Å²) in [5.41, 5.74) is 0. The van der Waals surface area contributed by atoms with Crippen LogP contribution in [0.15, 0.2) is 0 Å². The summed E-state index contributed by atoms with van der Waals surface area (Å²) in [7, 11) is 0. The van der Waals surface area contributed by atoms with Crippen LogP contribution < -0.4 is 10.1 Å². The van der Waals surface area contributed by atoms with E-state index in [1.807, 2.05) is 0 Å². The first kappa shape index (κ1) is 25.9. The van der Waals surface area contributed by atoms with Gasteiger partial charge in [0.05, 0.1) is 0 Å². The fraction of sp³-hybridized carbons (Fsp3) is 0.923. The molecule has 0 spiro atoms. The van der Waals surface area contributed by atoms with Crippen molar-refractivity contribution in [1.82, 2.24) is 0 Å². The van der Waals surface area contributed by atoms with Crippen molar-refractivity contribution in [1.29, 1.82) is 0 Å². The van der Waals surface area contributed by atoms with Crippen molar-refractivity contribution < 1.29 is 29.2 Å². The Kier molecular flexibility index (Phi) is 8.88. The first-order valence-corrected chi connectivity index (χ1v) is 13.8. The maximum Gasteiger partial charge on any atom is 0.312 e. The normalized spacial score (nSPS) is 42.9. The number of hydroxylamine groups is 4.